The summed E-state index contributed by atoms with van der Waals surface area (Å²) >= 11 is 0. The minimum Gasteiger partial charge on any atom is -0.394 e. The molecule has 2 aliphatic rings. The third kappa shape index (κ3) is 1.81. The molecule has 2 rings (SSSR count). The topological polar surface area (TPSA) is 35.5 Å². The van der Waals surface area contributed by atoms with Gasteiger partial charge in [0.1, 0.15) is 0 Å². The normalized spacial score (nSPS) is 44.8. The first-order valence-electron chi connectivity index (χ1n) is 5.71. The third-order valence-electron chi connectivity index (χ3n) is 3.97. The SMILES string of the molecule is CN1CCCC1C1CNC(C)(CO)C1. The molecule has 0 spiro atoms. The van der Waals surface area contributed by atoms with Crippen LogP contribution in [0.25, 0.3) is 0 Å². The predicted octanol–water partition coefficient (Wildman–Crippen LogP) is 0.441. The smallest absolute Gasteiger partial charge is 0.0610 e. The Morgan fingerprint density at radius 3 is 2.86 bits per heavy atom. The van der Waals surface area contributed by atoms with Crippen LogP contribution in [0.2, 0.25) is 0 Å². The van der Waals surface area contributed by atoms with Crippen molar-refractivity contribution in [3.63, 3.8) is 0 Å². The molecule has 14 heavy (non-hydrogen) atoms. The van der Waals surface area contributed by atoms with Crippen molar-refractivity contribution in [1.82, 2.24) is 10.2 Å². The molecule has 3 nitrogen and oxygen atoms in total. The second-order valence-corrected chi connectivity index (χ2v) is 5.25. The minimum absolute atomic E-state index is 0.0197. The van der Waals surface area contributed by atoms with Gasteiger partial charge < -0.3 is 15.3 Å². The van der Waals surface area contributed by atoms with Crippen LogP contribution >= 0.6 is 0 Å². The maximum Gasteiger partial charge on any atom is 0.0610 e. The predicted molar refractivity (Wildman–Crippen MR) is 57.3 cm³/mol. The van der Waals surface area contributed by atoms with Crippen molar-refractivity contribution in [2.45, 2.75) is 37.8 Å². The summed E-state index contributed by atoms with van der Waals surface area (Å²) in [5.74, 6) is 0.736. The summed E-state index contributed by atoms with van der Waals surface area (Å²) in [4.78, 5) is 2.48. The second kappa shape index (κ2) is 3.80. The van der Waals surface area contributed by atoms with Gasteiger partial charge in [0.25, 0.3) is 0 Å². The summed E-state index contributed by atoms with van der Waals surface area (Å²) in [5, 5.41) is 12.7. The lowest BCUT2D eigenvalue weighted by atomic mass is 9.89. The van der Waals surface area contributed by atoms with Gasteiger partial charge in [-0.05, 0) is 45.7 Å². The molecule has 82 valence electrons. The maximum atomic E-state index is 9.28. The number of hydrogen-bond acceptors (Lipinski definition) is 3. The standard InChI is InChI=1S/C11H22N2O/c1-11(8-14)6-9(7-12-11)10-4-3-5-13(10)2/h9-10,12,14H,3-8H2,1-2H3. The Kier molecular flexibility index (Phi) is 2.82. The molecule has 0 radical (unpaired) electrons. The first-order valence-corrected chi connectivity index (χ1v) is 5.71. The molecule has 0 aliphatic carbocycles. The molecule has 2 fully saturated rings. The van der Waals surface area contributed by atoms with Crippen molar-refractivity contribution in [1.29, 1.82) is 0 Å². The zero-order valence-corrected chi connectivity index (χ0v) is 9.29. The highest BCUT2D eigenvalue weighted by molar-refractivity contribution is 4.98. The molecule has 3 unspecified atom stereocenters. The first kappa shape index (κ1) is 10.4. The van der Waals surface area contributed by atoms with E-state index in [-0.39, 0.29) is 12.1 Å². The first-order chi connectivity index (χ1) is 6.64. The number of nitrogens with zero attached hydrogens (tertiary/aromatic N) is 1. The Bertz CT molecular complexity index is 209. The van der Waals surface area contributed by atoms with E-state index >= 15 is 0 Å². The van der Waals surface area contributed by atoms with Crippen LogP contribution in [0.1, 0.15) is 26.2 Å². The summed E-state index contributed by atoms with van der Waals surface area (Å²) < 4.78 is 0. The van der Waals surface area contributed by atoms with Crippen molar-refractivity contribution in [3.8, 4) is 0 Å². The highest BCUT2D eigenvalue weighted by Crippen LogP contribution is 2.32. The molecule has 0 amide bonds. The van der Waals surface area contributed by atoms with E-state index in [4.69, 9.17) is 0 Å². The number of aliphatic hydroxyl groups is 1. The number of likely N-dealkylation sites (tertiary alicyclic amines) is 1. The molecule has 2 N–H and O–H groups in total. The van der Waals surface area contributed by atoms with E-state index in [1.54, 1.807) is 0 Å². The van der Waals surface area contributed by atoms with Gasteiger partial charge in [-0.3, -0.25) is 0 Å². The van der Waals surface area contributed by atoms with E-state index in [9.17, 15) is 5.11 Å². The monoisotopic (exact) mass is 198 g/mol. The van der Waals surface area contributed by atoms with Crippen molar-refractivity contribution < 1.29 is 5.11 Å². The number of nitrogens with one attached hydrogen (secondary N) is 1. The largest absolute Gasteiger partial charge is 0.394 e. The highest BCUT2D eigenvalue weighted by Gasteiger charge is 2.40. The molecule has 0 bridgehead atoms. The van der Waals surface area contributed by atoms with Crippen molar-refractivity contribution in [3.05, 3.63) is 0 Å². The lowest BCUT2D eigenvalue weighted by molar-refractivity contribution is 0.177. The van der Waals surface area contributed by atoms with Gasteiger partial charge in [-0.25, -0.2) is 0 Å². The molecule has 0 saturated carbocycles. The molecule has 2 saturated heterocycles. The van der Waals surface area contributed by atoms with Gasteiger partial charge in [0.2, 0.25) is 0 Å². The Hall–Kier alpha value is -0.120. The Morgan fingerprint density at radius 1 is 1.57 bits per heavy atom. The average molecular weight is 198 g/mol. The van der Waals surface area contributed by atoms with Gasteiger partial charge in [-0.1, -0.05) is 0 Å². The molecular weight excluding hydrogens is 176 g/mol. The van der Waals surface area contributed by atoms with Gasteiger partial charge >= 0.3 is 0 Å². The van der Waals surface area contributed by atoms with Gasteiger partial charge in [-0.15, -0.1) is 0 Å². The minimum atomic E-state index is -0.0197. The summed E-state index contributed by atoms with van der Waals surface area (Å²) in [6.07, 6.45) is 3.80. The summed E-state index contributed by atoms with van der Waals surface area (Å²) in [5.41, 5.74) is -0.0197. The van der Waals surface area contributed by atoms with E-state index in [1.165, 1.54) is 19.4 Å². The zero-order valence-electron chi connectivity index (χ0n) is 9.29. The molecule has 0 aromatic heterocycles. The van der Waals surface area contributed by atoms with Gasteiger partial charge in [-0.2, -0.15) is 0 Å². The van der Waals surface area contributed by atoms with Crippen LogP contribution in [0.3, 0.4) is 0 Å². The third-order valence-corrected chi connectivity index (χ3v) is 3.97. The van der Waals surface area contributed by atoms with E-state index in [1.807, 2.05) is 0 Å². The Balaban J connectivity index is 1.95. The fourth-order valence-corrected chi connectivity index (χ4v) is 3.02. The van der Waals surface area contributed by atoms with Crippen molar-refractivity contribution >= 4 is 0 Å². The zero-order chi connectivity index (χ0) is 10.2. The second-order valence-electron chi connectivity index (χ2n) is 5.25. The summed E-state index contributed by atoms with van der Waals surface area (Å²) in [6.45, 7) is 4.71. The van der Waals surface area contributed by atoms with Crippen LogP contribution in [-0.2, 0) is 0 Å². The molecule has 2 heterocycles. The molecular formula is C11H22N2O. The van der Waals surface area contributed by atoms with Gasteiger partial charge in [0.15, 0.2) is 0 Å². The van der Waals surface area contributed by atoms with Crippen molar-refractivity contribution in [2.24, 2.45) is 5.92 Å². The molecule has 0 aromatic carbocycles. The van der Waals surface area contributed by atoms with Crippen LogP contribution in [0.5, 0.6) is 0 Å². The number of rotatable bonds is 2. The van der Waals surface area contributed by atoms with E-state index < -0.39 is 0 Å². The quantitative estimate of drug-likeness (QED) is 0.676. The van der Waals surface area contributed by atoms with E-state index in [0.717, 1.165) is 24.9 Å². The van der Waals surface area contributed by atoms with E-state index in [0.29, 0.717) is 0 Å². The Labute approximate surface area is 86.5 Å². The highest BCUT2D eigenvalue weighted by atomic mass is 16.3. The lowest BCUT2D eigenvalue weighted by Gasteiger charge is -2.26. The van der Waals surface area contributed by atoms with E-state index in [2.05, 4.69) is 24.2 Å². The molecule has 0 aromatic rings. The van der Waals surface area contributed by atoms with Crippen molar-refractivity contribution in [2.75, 3.05) is 26.7 Å². The summed E-state index contributed by atoms with van der Waals surface area (Å²) in [7, 11) is 2.23. The number of aliphatic hydroxyl groups excluding tert-OH is 1. The molecule has 3 atom stereocenters. The molecule has 2 aliphatic heterocycles. The summed E-state index contributed by atoms with van der Waals surface area (Å²) in [6, 6.07) is 0.746. The van der Waals surface area contributed by atoms with Gasteiger partial charge in [0, 0.05) is 18.1 Å². The molecule has 3 heteroatoms. The van der Waals surface area contributed by atoms with Crippen LogP contribution < -0.4 is 5.32 Å². The fraction of sp³-hybridized carbons (Fsp3) is 1.00. The fourth-order valence-electron chi connectivity index (χ4n) is 3.02. The van der Waals surface area contributed by atoms with Crippen LogP contribution in [-0.4, -0.2) is 48.3 Å². The maximum absolute atomic E-state index is 9.28. The van der Waals surface area contributed by atoms with Gasteiger partial charge in [0.05, 0.1) is 6.61 Å². The Morgan fingerprint density at radius 2 is 2.36 bits per heavy atom. The average Bonchev–Trinajstić information content (AvgIpc) is 2.73. The lowest BCUT2D eigenvalue weighted by Crippen LogP contribution is -2.39. The number of hydrogen-bond donors (Lipinski definition) is 2. The van der Waals surface area contributed by atoms with Crippen LogP contribution in [0.15, 0.2) is 0 Å². The van der Waals surface area contributed by atoms with Crippen LogP contribution in [0, 0.1) is 5.92 Å². The van der Waals surface area contributed by atoms with Crippen LogP contribution in [0.4, 0.5) is 0 Å².